The fourth-order valence-corrected chi connectivity index (χ4v) is 1.51. The van der Waals surface area contributed by atoms with Crippen molar-refractivity contribution in [1.82, 2.24) is 4.72 Å². The fourth-order valence-electron chi connectivity index (χ4n) is 0.963. The Balaban J connectivity index is 2.41. The van der Waals surface area contributed by atoms with Crippen LogP contribution in [-0.2, 0) is 6.42 Å². The zero-order valence-corrected chi connectivity index (χ0v) is 7.83. The van der Waals surface area contributed by atoms with Gasteiger partial charge in [0.2, 0.25) is 0 Å². The summed E-state index contributed by atoms with van der Waals surface area (Å²) in [7, 11) is 1.89. The molecule has 0 aromatic heterocycles. The minimum atomic E-state index is -0.151. The van der Waals surface area contributed by atoms with Gasteiger partial charge in [-0.25, -0.2) is 4.39 Å². The molecule has 0 bridgehead atoms. The van der Waals surface area contributed by atoms with Crippen LogP contribution in [0.25, 0.3) is 0 Å². The first-order valence-electron chi connectivity index (χ1n) is 3.86. The van der Waals surface area contributed by atoms with E-state index < -0.39 is 0 Å². The topological polar surface area (TPSA) is 12.0 Å². The summed E-state index contributed by atoms with van der Waals surface area (Å²) in [4.78, 5) is 0. The van der Waals surface area contributed by atoms with E-state index in [0.717, 1.165) is 17.7 Å². The summed E-state index contributed by atoms with van der Waals surface area (Å²) in [6.45, 7) is 0. The number of hydrogen-bond acceptors (Lipinski definition) is 2. The van der Waals surface area contributed by atoms with Crippen LogP contribution in [0.3, 0.4) is 0 Å². The molecule has 0 radical (unpaired) electrons. The third-order valence-electron chi connectivity index (χ3n) is 1.53. The lowest BCUT2D eigenvalue weighted by atomic mass is 10.2. The van der Waals surface area contributed by atoms with E-state index in [1.807, 2.05) is 13.1 Å². The molecule has 66 valence electrons. The van der Waals surface area contributed by atoms with Crippen LogP contribution >= 0.6 is 11.9 Å². The summed E-state index contributed by atoms with van der Waals surface area (Å²) in [5.74, 6) is 0.821. The maximum Gasteiger partial charge on any atom is 0.123 e. The predicted molar refractivity (Wildman–Crippen MR) is 51.6 cm³/mol. The molecule has 1 rings (SSSR count). The number of nitrogens with one attached hydrogen (secondary N) is 1. The van der Waals surface area contributed by atoms with Crippen LogP contribution in [0.2, 0.25) is 0 Å². The van der Waals surface area contributed by atoms with Crippen molar-refractivity contribution in [2.24, 2.45) is 0 Å². The molecular weight excluding hydrogens is 173 g/mol. The Morgan fingerprint density at radius 2 is 2.33 bits per heavy atom. The van der Waals surface area contributed by atoms with Gasteiger partial charge in [0.1, 0.15) is 5.82 Å². The Kier molecular flexibility index (Phi) is 4.11. The maximum absolute atomic E-state index is 12.7. The highest BCUT2D eigenvalue weighted by Crippen LogP contribution is 2.06. The Hall–Kier alpha value is -0.540. The second kappa shape index (κ2) is 5.17. The van der Waals surface area contributed by atoms with Crippen molar-refractivity contribution in [1.29, 1.82) is 0 Å². The zero-order valence-electron chi connectivity index (χ0n) is 7.01. The SMILES string of the molecule is CNSCCc1cccc(F)c1. The van der Waals surface area contributed by atoms with Crippen LogP contribution < -0.4 is 4.72 Å². The van der Waals surface area contributed by atoms with Gasteiger partial charge < -0.3 is 0 Å². The number of halogens is 1. The fraction of sp³-hybridized carbons (Fsp3) is 0.333. The lowest BCUT2D eigenvalue weighted by Crippen LogP contribution is -1.97. The molecule has 0 spiro atoms. The quantitative estimate of drug-likeness (QED) is 0.570. The van der Waals surface area contributed by atoms with Gasteiger partial charge in [0.25, 0.3) is 0 Å². The third-order valence-corrected chi connectivity index (χ3v) is 2.22. The van der Waals surface area contributed by atoms with Gasteiger partial charge in [0.15, 0.2) is 0 Å². The van der Waals surface area contributed by atoms with Crippen molar-refractivity contribution in [2.45, 2.75) is 6.42 Å². The monoisotopic (exact) mass is 185 g/mol. The molecule has 12 heavy (non-hydrogen) atoms. The van der Waals surface area contributed by atoms with E-state index in [2.05, 4.69) is 4.72 Å². The van der Waals surface area contributed by atoms with Crippen molar-refractivity contribution in [2.75, 3.05) is 12.8 Å². The highest BCUT2D eigenvalue weighted by molar-refractivity contribution is 7.97. The van der Waals surface area contributed by atoms with Crippen LogP contribution in [0, 0.1) is 5.82 Å². The molecule has 0 saturated heterocycles. The molecular formula is C9H12FNS. The molecule has 0 amide bonds. The normalized spacial score (nSPS) is 10.2. The molecule has 1 aromatic rings. The lowest BCUT2D eigenvalue weighted by Gasteiger charge is -1.99. The van der Waals surface area contributed by atoms with E-state index in [9.17, 15) is 4.39 Å². The summed E-state index contributed by atoms with van der Waals surface area (Å²) < 4.78 is 15.6. The van der Waals surface area contributed by atoms with Crippen LogP contribution in [0.4, 0.5) is 4.39 Å². The summed E-state index contributed by atoms with van der Waals surface area (Å²) in [6, 6.07) is 6.74. The summed E-state index contributed by atoms with van der Waals surface area (Å²) in [5.41, 5.74) is 1.05. The number of aryl methyl sites for hydroxylation is 1. The average Bonchev–Trinajstić information content (AvgIpc) is 2.05. The van der Waals surface area contributed by atoms with Crippen molar-refractivity contribution in [3.05, 3.63) is 35.6 Å². The first-order valence-corrected chi connectivity index (χ1v) is 4.84. The summed E-state index contributed by atoms with van der Waals surface area (Å²) in [6.07, 6.45) is 0.906. The second-order valence-corrected chi connectivity index (χ2v) is 3.54. The Bertz CT molecular complexity index is 240. The molecule has 0 unspecified atom stereocenters. The van der Waals surface area contributed by atoms with Gasteiger partial charge in [-0.3, -0.25) is 4.72 Å². The van der Waals surface area contributed by atoms with E-state index in [1.54, 1.807) is 24.1 Å². The summed E-state index contributed by atoms with van der Waals surface area (Å²) in [5, 5.41) is 0. The summed E-state index contributed by atoms with van der Waals surface area (Å²) >= 11 is 1.64. The maximum atomic E-state index is 12.7. The number of rotatable bonds is 4. The van der Waals surface area contributed by atoms with E-state index >= 15 is 0 Å². The number of benzene rings is 1. The Morgan fingerprint density at radius 3 is 3.00 bits per heavy atom. The van der Waals surface area contributed by atoms with Crippen LogP contribution in [-0.4, -0.2) is 12.8 Å². The van der Waals surface area contributed by atoms with E-state index in [1.165, 1.54) is 6.07 Å². The van der Waals surface area contributed by atoms with Gasteiger partial charge >= 0.3 is 0 Å². The van der Waals surface area contributed by atoms with Crippen molar-refractivity contribution < 1.29 is 4.39 Å². The van der Waals surface area contributed by atoms with Crippen LogP contribution in [0.1, 0.15) is 5.56 Å². The molecule has 0 fully saturated rings. The van der Waals surface area contributed by atoms with Gasteiger partial charge in [-0.05, 0) is 31.2 Å². The first-order chi connectivity index (χ1) is 5.83. The van der Waals surface area contributed by atoms with E-state index in [-0.39, 0.29) is 5.82 Å². The zero-order chi connectivity index (χ0) is 8.81. The highest BCUT2D eigenvalue weighted by atomic mass is 32.2. The largest absolute Gasteiger partial charge is 0.267 e. The lowest BCUT2D eigenvalue weighted by molar-refractivity contribution is 0.626. The molecule has 1 N–H and O–H groups in total. The van der Waals surface area contributed by atoms with E-state index in [0.29, 0.717) is 0 Å². The molecule has 1 nitrogen and oxygen atoms in total. The minimum absolute atomic E-state index is 0.151. The van der Waals surface area contributed by atoms with Gasteiger partial charge in [-0.2, -0.15) is 0 Å². The van der Waals surface area contributed by atoms with Gasteiger partial charge in [-0.15, -0.1) is 0 Å². The molecule has 0 heterocycles. The Morgan fingerprint density at radius 1 is 1.50 bits per heavy atom. The van der Waals surface area contributed by atoms with Crippen LogP contribution in [0.15, 0.2) is 24.3 Å². The molecule has 1 aromatic carbocycles. The molecule has 0 aliphatic carbocycles. The van der Waals surface area contributed by atoms with Crippen LogP contribution in [0.5, 0.6) is 0 Å². The third kappa shape index (κ3) is 3.24. The highest BCUT2D eigenvalue weighted by Gasteiger charge is 1.94. The molecule has 0 aliphatic heterocycles. The number of hydrogen-bond donors (Lipinski definition) is 1. The van der Waals surface area contributed by atoms with E-state index in [4.69, 9.17) is 0 Å². The molecule has 0 atom stereocenters. The minimum Gasteiger partial charge on any atom is -0.267 e. The smallest absolute Gasteiger partial charge is 0.123 e. The Labute approximate surface area is 76.5 Å². The van der Waals surface area contributed by atoms with Gasteiger partial charge in [-0.1, -0.05) is 24.1 Å². The van der Waals surface area contributed by atoms with Gasteiger partial charge in [0, 0.05) is 5.75 Å². The molecule has 3 heteroatoms. The molecule has 0 aliphatic rings. The van der Waals surface area contributed by atoms with Crippen molar-refractivity contribution in [3.63, 3.8) is 0 Å². The predicted octanol–water partition coefficient (Wildman–Crippen LogP) is 2.24. The standard InChI is InChI=1S/C9H12FNS/c1-11-12-6-5-8-3-2-4-9(10)7-8/h2-4,7,11H,5-6H2,1H3. The first kappa shape index (κ1) is 9.55. The molecule has 0 saturated carbocycles. The average molecular weight is 185 g/mol. The van der Waals surface area contributed by atoms with Crippen molar-refractivity contribution >= 4 is 11.9 Å². The van der Waals surface area contributed by atoms with Crippen molar-refractivity contribution in [3.8, 4) is 0 Å². The van der Waals surface area contributed by atoms with Gasteiger partial charge in [0.05, 0.1) is 0 Å². The second-order valence-electron chi connectivity index (χ2n) is 2.43.